The zero-order valence-corrected chi connectivity index (χ0v) is 10.5. The molecule has 0 spiro atoms. The number of hydrogen-bond donors (Lipinski definition) is 3. The van der Waals surface area contributed by atoms with E-state index in [2.05, 4.69) is 24.6 Å². The minimum atomic E-state index is -0.0616. The molecule has 0 bridgehead atoms. The molecule has 0 heterocycles. The molecule has 0 aromatic heterocycles. The van der Waals surface area contributed by atoms with E-state index in [0.29, 0.717) is 11.3 Å². The lowest BCUT2D eigenvalue weighted by Gasteiger charge is -2.11. The Hall–Kier alpha value is -1.55. The molecule has 1 aromatic rings. The van der Waals surface area contributed by atoms with Crippen LogP contribution in [0.15, 0.2) is 18.2 Å². The molecule has 0 radical (unpaired) electrons. The maximum Gasteiger partial charge on any atom is 0.253 e. The fraction of sp³-hybridized carbons (Fsp3) is 0.462. The molecular formula is C13H19N3O. The van der Waals surface area contributed by atoms with E-state index >= 15 is 0 Å². The summed E-state index contributed by atoms with van der Waals surface area (Å²) in [7, 11) is 0. The Balaban J connectivity index is 2.14. The molecule has 17 heavy (non-hydrogen) atoms. The van der Waals surface area contributed by atoms with E-state index < -0.39 is 0 Å². The van der Waals surface area contributed by atoms with Gasteiger partial charge in [0, 0.05) is 6.04 Å². The number of carbonyl (C=O) groups is 1. The largest absolute Gasteiger partial charge is 0.349 e. The van der Waals surface area contributed by atoms with Crippen LogP contribution in [0.2, 0.25) is 0 Å². The third kappa shape index (κ3) is 2.42. The maximum absolute atomic E-state index is 12.1. The van der Waals surface area contributed by atoms with Crippen molar-refractivity contribution in [2.75, 3.05) is 5.43 Å². The minimum Gasteiger partial charge on any atom is -0.349 e. The van der Waals surface area contributed by atoms with Gasteiger partial charge in [0.2, 0.25) is 0 Å². The van der Waals surface area contributed by atoms with Gasteiger partial charge in [-0.1, -0.05) is 19.9 Å². The molecule has 1 aromatic carbocycles. The second-order valence-corrected chi connectivity index (χ2v) is 5.41. The Labute approximate surface area is 102 Å². The number of carbonyl (C=O) groups excluding carboxylic acids is 1. The molecule has 0 saturated heterocycles. The fourth-order valence-electron chi connectivity index (χ4n) is 1.93. The van der Waals surface area contributed by atoms with Crippen molar-refractivity contribution in [2.24, 2.45) is 11.3 Å². The molecule has 1 unspecified atom stereocenters. The molecule has 1 atom stereocenters. The summed E-state index contributed by atoms with van der Waals surface area (Å²) in [6.07, 6.45) is 1.04. The highest BCUT2D eigenvalue weighted by Crippen LogP contribution is 2.44. The Bertz CT molecular complexity index is 454. The third-order valence-corrected chi connectivity index (χ3v) is 3.39. The summed E-state index contributed by atoms with van der Waals surface area (Å²) in [6.45, 7) is 6.26. The molecule has 2 rings (SSSR count). The number of aryl methyl sites for hydroxylation is 1. The van der Waals surface area contributed by atoms with Crippen molar-refractivity contribution in [2.45, 2.75) is 33.2 Å². The van der Waals surface area contributed by atoms with Crippen molar-refractivity contribution in [1.82, 2.24) is 5.32 Å². The average Bonchev–Trinajstić information content (AvgIpc) is 2.85. The number of hydrazine groups is 1. The molecule has 4 N–H and O–H groups in total. The van der Waals surface area contributed by atoms with Gasteiger partial charge < -0.3 is 10.7 Å². The summed E-state index contributed by atoms with van der Waals surface area (Å²) in [5.74, 6) is 5.37. The van der Waals surface area contributed by atoms with Crippen LogP contribution in [0, 0.1) is 12.3 Å². The van der Waals surface area contributed by atoms with Gasteiger partial charge >= 0.3 is 0 Å². The van der Waals surface area contributed by atoms with Gasteiger partial charge in [-0.05, 0) is 36.5 Å². The van der Waals surface area contributed by atoms with Crippen LogP contribution in [-0.2, 0) is 0 Å². The van der Waals surface area contributed by atoms with E-state index in [1.807, 2.05) is 19.1 Å². The fourth-order valence-corrected chi connectivity index (χ4v) is 1.93. The van der Waals surface area contributed by atoms with Gasteiger partial charge in [-0.2, -0.15) is 0 Å². The Morgan fingerprint density at radius 2 is 2.12 bits per heavy atom. The first-order chi connectivity index (χ1) is 7.94. The lowest BCUT2D eigenvalue weighted by atomic mass is 10.1. The van der Waals surface area contributed by atoms with Crippen molar-refractivity contribution in [1.29, 1.82) is 0 Å². The molecule has 92 valence electrons. The molecule has 1 fully saturated rings. The maximum atomic E-state index is 12.1. The Morgan fingerprint density at radius 1 is 1.47 bits per heavy atom. The standard InChI is InChI=1S/C13H19N3O/c1-8-4-5-9(10(6-8)16-14)12(17)15-11-7-13(11,2)3/h4-6,11,16H,7,14H2,1-3H3,(H,15,17). The van der Waals surface area contributed by atoms with Crippen LogP contribution in [0.3, 0.4) is 0 Å². The second-order valence-electron chi connectivity index (χ2n) is 5.41. The van der Waals surface area contributed by atoms with Gasteiger partial charge in [-0.15, -0.1) is 0 Å². The van der Waals surface area contributed by atoms with Gasteiger partial charge in [-0.25, -0.2) is 0 Å². The quantitative estimate of drug-likeness (QED) is 0.551. The van der Waals surface area contributed by atoms with Crippen molar-refractivity contribution in [3.63, 3.8) is 0 Å². The second kappa shape index (κ2) is 4.04. The van der Waals surface area contributed by atoms with Crippen molar-refractivity contribution in [3.05, 3.63) is 29.3 Å². The van der Waals surface area contributed by atoms with Gasteiger partial charge in [0.25, 0.3) is 5.91 Å². The van der Waals surface area contributed by atoms with Crippen LogP contribution >= 0.6 is 0 Å². The van der Waals surface area contributed by atoms with Crippen LogP contribution in [0.25, 0.3) is 0 Å². The summed E-state index contributed by atoms with van der Waals surface area (Å²) < 4.78 is 0. The van der Waals surface area contributed by atoms with Crippen LogP contribution in [0.1, 0.15) is 36.2 Å². The lowest BCUT2D eigenvalue weighted by Crippen LogP contribution is -2.29. The minimum absolute atomic E-state index is 0.0616. The number of nitrogen functional groups attached to an aromatic ring is 1. The first-order valence-corrected chi connectivity index (χ1v) is 5.82. The number of amides is 1. The molecule has 0 aliphatic heterocycles. The molecular weight excluding hydrogens is 214 g/mol. The van der Waals surface area contributed by atoms with E-state index in [0.717, 1.165) is 12.0 Å². The SMILES string of the molecule is Cc1ccc(C(=O)NC2CC2(C)C)c(NN)c1. The van der Waals surface area contributed by atoms with Crippen LogP contribution in [0.4, 0.5) is 5.69 Å². The van der Waals surface area contributed by atoms with Crippen molar-refractivity contribution in [3.8, 4) is 0 Å². The average molecular weight is 233 g/mol. The number of rotatable bonds is 3. The predicted octanol–water partition coefficient (Wildman–Crippen LogP) is 1.81. The van der Waals surface area contributed by atoms with Gasteiger partial charge in [0.15, 0.2) is 0 Å². The summed E-state index contributed by atoms with van der Waals surface area (Å²) >= 11 is 0. The third-order valence-electron chi connectivity index (χ3n) is 3.39. The van der Waals surface area contributed by atoms with Gasteiger partial charge in [-0.3, -0.25) is 10.6 Å². The van der Waals surface area contributed by atoms with E-state index in [-0.39, 0.29) is 17.4 Å². The lowest BCUT2D eigenvalue weighted by molar-refractivity contribution is 0.0947. The highest BCUT2D eigenvalue weighted by molar-refractivity contribution is 6.00. The smallest absolute Gasteiger partial charge is 0.253 e. The van der Waals surface area contributed by atoms with Crippen LogP contribution in [-0.4, -0.2) is 11.9 Å². The molecule has 1 saturated carbocycles. The normalized spacial score (nSPS) is 20.8. The predicted molar refractivity (Wildman–Crippen MR) is 68.6 cm³/mol. The number of nitrogens with two attached hydrogens (primary N) is 1. The highest BCUT2D eigenvalue weighted by Gasteiger charge is 2.46. The highest BCUT2D eigenvalue weighted by atomic mass is 16.1. The van der Waals surface area contributed by atoms with E-state index in [9.17, 15) is 4.79 Å². The first-order valence-electron chi connectivity index (χ1n) is 5.82. The summed E-state index contributed by atoms with van der Waals surface area (Å²) in [6, 6.07) is 5.86. The summed E-state index contributed by atoms with van der Waals surface area (Å²) in [5, 5.41) is 3.02. The molecule has 1 amide bonds. The topological polar surface area (TPSA) is 67.2 Å². The number of hydrogen-bond acceptors (Lipinski definition) is 3. The number of nitrogens with one attached hydrogen (secondary N) is 2. The number of anilines is 1. The van der Waals surface area contributed by atoms with Crippen molar-refractivity contribution < 1.29 is 4.79 Å². The monoisotopic (exact) mass is 233 g/mol. The van der Waals surface area contributed by atoms with Crippen LogP contribution in [0.5, 0.6) is 0 Å². The van der Waals surface area contributed by atoms with Gasteiger partial charge in [0.05, 0.1) is 11.3 Å². The van der Waals surface area contributed by atoms with E-state index in [1.165, 1.54) is 0 Å². The van der Waals surface area contributed by atoms with E-state index in [4.69, 9.17) is 5.84 Å². The zero-order valence-electron chi connectivity index (χ0n) is 10.5. The first kappa shape index (κ1) is 11.9. The molecule has 4 heteroatoms. The molecule has 4 nitrogen and oxygen atoms in total. The zero-order chi connectivity index (χ0) is 12.6. The van der Waals surface area contributed by atoms with Crippen molar-refractivity contribution >= 4 is 11.6 Å². The van der Waals surface area contributed by atoms with E-state index in [1.54, 1.807) is 6.07 Å². The number of benzene rings is 1. The summed E-state index contributed by atoms with van der Waals surface area (Å²) in [5.41, 5.74) is 5.14. The molecule has 1 aliphatic rings. The Morgan fingerprint density at radius 3 is 2.65 bits per heavy atom. The van der Waals surface area contributed by atoms with Gasteiger partial charge in [0.1, 0.15) is 0 Å². The van der Waals surface area contributed by atoms with Crippen LogP contribution < -0.4 is 16.6 Å². The molecule has 1 aliphatic carbocycles. The summed E-state index contributed by atoms with van der Waals surface area (Å²) in [4.78, 5) is 12.1. The Kier molecular flexibility index (Phi) is 2.83.